The Kier molecular flexibility index (Phi) is 7.38. The molecule has 1 fully saturated rings. The Morgan fingerprint density at radius 1 is 0.881 bits per heavy atom. The second-order valence-corrected chi connectivity index (χ2v) is 11.3. The number of ketones is 1. The molecule has 1 aliphatic carbocycles. The number of ether oxygens (including phenoxy) is 3. The smallest absolute Gasteiger partial charge is 0.449 e. The summed E-state index contributed by atoms with van der Waals surface area (Å²) in [6, 6.07) is 20.0. The quantitative estimate of drug-likeness (QED) is 0.343. The Balaban J connectivity index is 1.32. The van der Waals surface area contributed by atoms with E-state index in [2.05, 4.69) is 10.1 Å². The van der Waals surface area contributed by atoms with E-state index in [-0.39, 0.29) is 31.2 Å². The predicted octanol–water partition coefficient (Wildman–Crippen LogP) is 6.30. The summed E-state index contributed by atoms with van der Waals surface area (Å²) in [7, 11) is 0. The van der Waals surface area contributed by atoms with Crippen LogP contribution < -0.4 is 10.1 Å². The molecular formula is C31H29F3N2O6. The molecule has 1 heterocycles. The minimum Gasteiger partial charge on any atom is -0.449 e. The number of benzene rings is 3. The van der Waals surface area contributed by atoms with Crippen LogP contribution in [0.25, 0.3) is 11.1 Å². The SMILES string of the molecule is CC(C)(C)OC(=O)N1CC(NC(=O)OCC2c3ccccc3-c3ccccc32)(C(=O)c2ccc(OC(F)(F)F)cc2)C1. The van der Waals surface area contributed by atoms with E-state index in [0.717, 1.165) is 34.4 Å². The number of nitrogens with zero attached hydrogens (tertiary/aromatic N) is 1. The molecule has 220 valence electrons. The fourth-order valence-corrected chi connectivity index (χ4v) is 5.25. The van der Waals surface area contributed by atoms with Crippen molar-refractivity contribution in [2.24, 2.45) is 0 Å². The minimum atomic E-state index is -4.89. The summed E-state index contributed by atoms with van der Waals surface area (Å²) >= 11 is 0. The van der Waals surface area contributed by atoms with Crippen molar-refractivity contribution < 1.29 is 41.8 Å². The van der Waals surface area contributed by atoms with E-state index in [1.54, 1.807) is 20.8 Å². The molecule has 2 aliphatic rings. The summed E-state index contributed by atoms with van der Waals surface area (Å²) in [5, 5.41) is 2.63. The molecule has 1 aliphatic heterocycles. The number of amides is 2. The van der Waals surface area contributed by atoms with Crippen molar-refractivity contribution in [1.82, 2.24) is 10.2 Å². The first-order valence-electron chi connectivity index (χ1n) is 13.3. The number of likely N-dealkylation sites (tertiary alicyclic amines) is 1. The highest BCUT2D eigenvalue weighted by Gasteiger charge is 2.53. The van der Waals surface area contributed by atoms with E-state index < -0.39 is 41.2 Å². The molecule has 0 unspecified atom stereocenters. The lowest BCUT2D eigenvalue weighted by Gasteiger charge is -2.48. The van der Waals surface area contributed by atoms with Crippen LogP contribution in [0.2, 0.25) is 0 Å². The number of hydrogen-bond acceptors (Lipinski definition) is 6. The van der Waals surface area contributed by atoms with Gasteiger partial charge < -0.3 is 24.4 Å². The van der Waals surface area contributed by atoms with Gasteiger partial charge in [-0.3, -0.25) is 4.79 Å². The van der Waals surface area contributed by atoms with Gasteiger partial charge in [-0.1, -0.05) is 48.5 Å². The lowest BCUT2D eigenvalue weighted by atomic mass is 9.82. The van der Waals surface area contributed by atoms with Crippen LogP contribution in [0, 0.1) is 0 Å². The molecular weight excluding hydrogens is 553 g/mol. The Morgan fingerprint density at radius 2 is 1.43 bits per heavy atom. The predicted molar refractivity (Wildman–Crippen MR) is 146 cm³/mol. The first kappa shape index (κ1) is 29.0. The van der Waals surface area contributed by atoms with Gasteiger partial charge >= 0.3 is 18.5 Å². The van der Waals surface area contributed by atoms with Gasteiger partial charge in [0.25, 0.3) is 0 Å². The molecule has 0 atom stereocenters. The van der Waals surface area contributed by atoms with Gasteiger partial charge in [-0.25, -0.2) is 9.59 Å². The van der Waals surface area contributed by atoms with E-state index in [1.807, 2.05) is 48.5 Å². The molecule has 3 aromatic carbocycles. The lowest BCUT2D eigenvalue weighted by molar-refractivity contribution is -0.274. The number of nitrogens with one attached hydrogen (secondary N) is 1. The molecule has 0 saturated carbocycles. The lowest BCUT2D eigenvalue weighted by Crippen LogP contribution is -2.75. The van der Waals surface area contributed by atoms with Gasteiger partial charge in [-0.15, -0.1) is 13.2 Å². The molecule has 0 radical (unpaired) electrons. The number of Topliss-reactive ketones (excluding diaryl/α,β-unsaturated/α-hetero) is 1. The third kappa shape index (κ3) is 6.05. The number of alkyl halides is 3. The number of carbonyl (C=O) groups is 3. The highest BCUT2D eigenvalue weighted by atomic mass is 19.4. The minimum absolute atomic E-state index is 0.00336. The van der Waals surface area contributed by atoms with E-state index in [4.69, 9.17) is 9.47 Å². The highest BCUT2D eigenvalue weighted by molar-refractivity contribution is 6.06. The van der Waals surface area contributed by atoms with E-state index >= 15 is 0 Å². The van der Waals surface area contributed by atoms with Crippen molar-refractivity contribution in [3.8, 4) is 16.9 Å². The molecule has 0 aromatic heterocycles. The number of halogens is 3. The number of hydrogen-bond donors (Lipinski definition) is 1. The van der Waals surface area contributed by atoms with Gasteiger partial charge in [0.1, 0.15) is 23.5 Å². The molecule has 1 N–H and O–H groups in total. The molecule has 2 amide bonds. The third-order valence-electron chi connectivity index (χ3n) is 7.04. The van der Waals surface area contributed by atoms with Crippen LogP contribution in [-0.2, 0) is 9.47 Å². The molecule has 11 heteroatoms. The van der Waals surface area contributed by atoms with Gasteiger partial charge in [0.2, 0.25) is 0 Å². The standard InChI is InChI=1S/C31H29F3N2O6/c1-29(2,3)42-28(39)36-17-30(18-36,26(37)19-12-14-20(15-13-19)41-31(32,33)34)35-27(38)40-16-25-23-10-6-4-8-21(23)22-9-5-7-11-24(22)25/h4-15,25H,16-18H2,1-3H3,(H,35,38). The van der Waals surface area contributed by atoms with Gasteiger partial charge in [-0.05, 0) is 67.3 Å². The van der Waals surface area contributed by atoms with E-state index in [1.165, 1.54) is 17.0 Å². The largest absolute Gasteiger partial charge is 0.573 e. The molecule has 0 spiro atoms. The maximum absolute atomic E-state index is 13.6. The highest BCUT2D eigenvalue weighted by Crippen LogP contribution is 2.44. The number of alkyl carbamates (subject to hydrolysis) is 1. The van der Waals surface area contributed by atoms with Gasteiger partial charge in [-0.2, -0.15) is 0 Å². The Hall–Kier alpha value is -4.54. The average molecular weight is 583 g/mol. The topological polar surface area (TPSA) is 94.2 Å². The summed E-state index contributed by atoms with van der Waals surface area (Å²) in [5.41, 5.74) is 1.79. The van der Waals surface area contributed by atoms with Gasteiger partial charge in [0, 0.05) is 11.5 Å². The van der Waals surface area contributed by atoms with Crippen LogP contribution in [0.4, 0.5) is 22.8 Å². The van der Waals surface area contributed by atoms with Gasteiger partial charge in [0.05, 0.1) is 13.1 Å². The number of fused-ring (bicyclic) bond motifs is 3. The fraction of sp³-hybridized carbons (Fsp3) is 0.323. The first-order valence-corrected chi connectivity index (χ1v) is 13.3. The molecule has 3 aromatic rings. The molecule has 1 saturated heterocycles. The summed E-state index contributed by atoms with van der Waals surface area (Å²) in [6.45, 7) is 4.66. The Bertz CT molecular complexity index is 1460. The second-order valence-electron chi connectivity index (χ2n) is 11.3. The maximum atomic E-state index is 13.6. The van der Waals surface area contributed by atoms with Crippen LogP contribution >= 0.6 is 0 Å². The van der Waals surface area contributed by atoms with E-state index in [9.17, 15) is 27.6 Å². The van der Waals surface area contributed by atoms with Crippen molar-refractivity contribution in [3.05, 3.63) is 89.5 Å². The summed E-state index contributed by atoms with van der Waals surface area (Å²) < 4.78 is 52.6. The van der Waals surface area contributed by atoms with Crippen molar-refractivity contribution in [1.29, 1.82) is 0 Å². The number of carbonyl (C=O) groups excluding carboxylic acids is 3. The summed E-state index contributed by atoms with van der Waals surface area (Å²) in [6.07, 6.45) is -6.43. The average Bonchev–Trinajstić information content (AvgIpc) is 3.21. The van der Waals surface area contributed by atoms with E-state index in [0.29, 0.717) is 0 Å². The second kappa shape index (κ2) is 10.7. The van der Waals surface area contributed by atoms with Crippen LogP contribution in [0.1, 0.15) is 48.2 Å². The van der Waals surface area contributed by atoms with Gasteiger partial charge in [0.15, 0.2) is 5.78 Å². The van der Waals surface area contributed by atoms with Crippen LogP contribution in [-0.4, -0.2) is 60.1 Å². The van der Waals surface area contributed by atoms with Crippen LogP contribution in [0.5, 0.6) is 5.75 Å². The zero-order valence-corrected chi connectivity index (χ0v) is 23.2. The first-order chi connectivity index (χ1) is 19.7. The monoisotopic (exact) mass is 582 g/mol. The van der Waals surface area contributed by atoms with Crippen molar-refractivity contribution in [3.63, 3.8) is 0 Å². The maximum Gasteiger partial charge on any atom is 0.573 e. The molecule has 5 rings (SSSR count). The zero-order valence-electron chi connectivity index (χ0n) is 23.2. The van der Waals surface area contributed by atoms with Crippen LogP contribution in [0.3, 0.4) is 0 Å². The Morgan fingerprint density at radius 3 is 1.95 bits per heavy atom. The van der Waals surface area contributed by atoms with Crippen molar-refractivity contribution >= 4 is 18.0 Å². The normalized spacial score (nSPS) is 15.6. The van der Waals surface area contributed by atoms with Crippen LogP contribution in [0.15, 0.2) is 72.8 Å². The third-order valence-corrected chi connectivity index (χ3v) is 7.04. The zero-order chi connectivity index (χ0) is 30.3. The molecule has 0 bridgehead atoms. The molecule has 42 heavy (non-hydrogen) atoms. The molecule has 8 nitrogen and oxygen atoms in total. The number of rotatable bonds is 6. The fourth-order valence-electron chi connectivity index (χ4n) is 5.25. The van der Waals surface area contributed by atoms with Crippen molar-refractivity contribution in [2.45, 2.75) is 44.2 Å². The van der Waals surface area contributed by atoms with Crippen molar-refractivity contribution in [2.75, 3.05) is 19.7 Å². The summed E-state index contributed by atoms with van der Waals surface area (Å²) in [5.74, 6) is -1.31. The summed E-state index contributed by atoms with van der Waals surface area (Å²) in [4.78, 5) is 40.6. The Labute approximate surface area is 240 Å².